The fraction of sp³-hybridized carbons (Fsp3) is 0.625. The third-order valence-electron chi connectivity index (χ3n) is 3.55. The van der Waals surface area contributed by atoms with E-state index < -0.39 is 0 Å². The molecular weight excluding hydrogens is 254 g/mol. The van der Waals surface area contributed by atoms with Crippen molar-refractivity contribution in [2.75, 3.05) is 26.8 Å². The van der Waals surface area contributed by atoms with Crippen LogP contribution in [0, 0.1) is 5.92 Å². The van der Waals surface area contributed by atoms with Gasteiger partial charge in [-0.05, 0) is 18.1 Å². The number of rotatable bonds is 10. The van der Waals surface area contributed by atoms with Gasteiger partial charge in [0, 0.05) is 13.1 Å². The van der Waals surface area contributed by atoms with Crippen molar-refractivity contribution in [1.29, 1.82) is 0 Å². The van der Waals surface area contributed by atoms with Crippen molar-refractivity contribution in [3.05, 3.63) is 24.3 Å². The first-order valence-corrected chi connectivity index (χ1v) is 7.37. The van der Waals surface area contributed by atoms with Crippen molar-refractivity contribution in [3.8, 4) is 11.5 Å². The van der Waals surface area contributed by atoms with E-state index in [1.54, 1.807) is 7.11 Å². The average molecular weight is 281 g/mol. The number of ether oxygens (including phenoxy) is 2. The second kappa shape index (κ2) is 9.61. The van der Waals surface area contributed by atoms with Crippen molar-refractivity contribution < 1.29 is 14.6 Å². The highest BCUT2D eigenvalue weighted by Crippen LogP contribution is 2.25. The number of methoxy groups -OCH3 is 1. The van der Waals surface area contributed by atoms with Gasteiger partial charge in [0.05, 0.1) is 13.2 Å². The molecule has 4 nitrogen and oxygen atoms in total. The van der Waals surface area contributed by atoms with Crippen LogP contribution in [0.2, 0.25) is 0 Å². The van der Waals surface area contributed by atoms with E-state index in [1.165, 1.54) is 0 Å². The lowest BCUT2D eigenvalue weighted by Crippen LogP contribution is -2.34. The molecule has 0 aromatic heterocycles. The van der Waals surface area contributed by atoms with Gasteiger partial charge in [0.25, 0.3) is 0 Å². The van der Waals surface area contributed by atoms with Crippen LogP contribution in [0.4, 0.5) is 0 Å². The molecule has 0 aliphatic heterocycles. The predicted molar refractivity (Wildman–Crippen MR) is 81.4 cm³/mol. The van der Waals surface area contributed by atoms with Crippen molar-refractivity contribution in [3.63, 3.8) is 0 Å². The lowest BCUT2D eigenvalue weighted by molar-refractivity contribution is 0.100. The molecule has 0 saturated carbocycles. The van der Waals surface area contributed by atoms with E-state index in [4.69, 9.17) is 9.47 Å². The first kappa shape index (κ1) is 16.8. The number of hydrogen-bond donors (Lipinski definition) is 2. The maximum atomic E-state index is 9.98. The number of aliphatic hydroxyl groups is 1. The summed E-state index contributed by atoms with van der Waals surface area (Å²) in [5.41, 5.74) is 0. The van der Waals surface area contributed by atoms with E-state index in [2.05, 4.69) is 19.2 Å². The lowest BCUT2D eigenvalue weighted by atomic mass is 9.97. The SMILES string of the molecule is CCC(CC)C(O)CNCCOc1ccccc1OC. The molecule has 1 atom stereocenters. The van der Waals surface area contributed by atoms with Crippen molar-refractivity contribution >= 4 is 0 Å². The molecule has 1 rings (SSSR count). The first-order valence-electron chi connectivity index (χ1n) is 7.37. The molecule has 0 radical (unpaired) electrons. The third-order valence-corrected chi connectivity index (χ3v) is 3.55. The van der Waals surface area contributed by atoms with Gasteiger partial charge in [0.1, 0.15) is 6.61 Å². The maximum Gasteiger partial charge on any atom is 0.161 e. The smallest absolute Gasteiger partial charge is 0.161 e. The van der Waals surface area contributed by atoms with Crippen LogP contribution in [-0.2, 0) is 0 Å². The largest absolute Gasteiger partial charge is 0.493 e. The van der Waals surface area contributed by atoms with Crippen LogP contribution in [0.1, 0.15) is 26.7 Å². The highest BCUT2D eigenvalue weighted by molar-refractivity contribution is 5.39. The highest BCUT2D eigenvalue weighted by Gasteiger charge is 2.14. The monoisotopic (exact) mass is 281 g/mol. The predicted octanol–water partition coefficient (Wildman–Crippen LogP) is 2.46. The van der Waals surface area contributed by atoms with Gasteiger partial charge >= 0.3 is 0 Å². The summed E-state index contributed by atoms with van der Waals surface area (Å²) in [4.78, 5) is 0. The summed E-state index contributed by atoms with van der Waals surface area (Å²) in [5, 5.41) is 13.2. The molecule has 1 aromatic rings. The summed E-state index contributed by atoms with van der Waals surface area (Å²) >= 11 is 0. The number of aliphatic hydroxyl groups excluding tert-OH is 1. The molecule has 4 heteroatoms. The summed E-state index contributed by atoms with van der Waals surface area (Å²) in [5.74, 6) is 1.86. The van der Waals surface area contributed by atoms with E-state index in [0.29, 0.717) is 25.6 Å². The fourth-order valence-corrected chi connectivity index (χ4v) is 2.22. The van der Waals surface area contributed by atoms with Crippen LogP contribution in [0.5, 0.6) is 11.5 Å². The Morgan fingerprint density at radius 2 is 1.80 bits per heavy atom. The zero-order valence-electron chi connectivity index (χ0n) is 12.8. The Morgan fingerprint density at radius 3 is 2.40 bits per heavy atom. The topological polar surface area (TPSA) is 50.7 Å². The maximum absolute atomic E-state index is 9.98. The Balaban J connectivity index is 2.22. The van der Waals surface area contributed by atoms with E-state index in [0.717, 1.165) is 24.3 Å². The zero-order valence-corrected chi connectivity index (χ0v) is 12.8. The van der Waals surface area contributed by atoms with Crippen LogP contribution in [0.25, 0.3) is 0 Å². The minimum absolute atomic E-state index is 0.281. The normalized spacial score (nSPS) is 12.4. The molecular formula is C16H27NO3. The second-order valence-corrected chi connectivity index (χ2v) is 4.85. The molecule has 2 N–H and O–H groups in total. The minimum Gasteiger partial charge on any atom is -0.493 e. The molecule has 0 heterocycles. The standard InChI is InChI=1S/C16H27NO3/c1-4-13(5-2)14(18)12-17-10-11-20-16-9-7-6-8-15(16)19-3/h6-9,13-14,17-18H,4-5,10-12H2,1-3H3. The van der Waals surface area contributed by atoms with Gasteiger partial charge in [0.2, 0.25) is 0 Å². The summed E-state index contributed by atoms with van der Waals surface area (Å²) in [6.07, 6.45) is 1.74. The Bertz CT molecular complexity index is 366. The van der Waals surface area contributed by atoms with Crippen LogP contribution in [0.15, 0.2) is 24.3 Å². The average Bonchev–Trinajstić information content (AvgIpc) is 2.48. The first-order chi connectivity index (χ1) is 9.72. The van der Waals surface area contributed by atoms with Crippen molar-refractivity contribution in [2.24, 2.45) is 5.92 Å². The van der Waals surface area contributed by atoms with E-state index >= 15 is 0 Å². The number of benzene rings is 1. The Kier molecular flexibility index (Phi) is 8.07. The molecule has 0 spiro atoms. The van der Waals surface area contributed by atoms with Gasteiger partial charge in [-0.2, -0.15) is 0 Å². The second-order valence-electron chi connectivity index (χ2n) is 4.85. The molecule has 0 fully saturated rings. The molecule has 1 unspecified atom stereocenters. The number of nitrogens with one attached hydrogen (secondary N) is 1. The van der Waals surface area contributed by atoms with Gasteiger partial charge in [-0.25, -0.2) is 0 Å². The molecule has 0 aliphatic carbocycles. The van der Waals surface area contributed by atoms with Gasteiger partial charge in [-0.1, -0.05) is 38.8 Å². The van der Waals surface area contributed by atoms with E-state index in [1.807, 2.05) is 24.3 Å². The molecule has 1 aromatic carbocycles. The summed E-state index contributed by atoms with van der Waals surface area (Å²) in [6, 6.07) is 7.59. The summed E-state index contributed by atoms with van der Waals surface area (Å²) < 4.78 is 10.9. The highest BCUT2D eigenvalue weighted by atomic mass is 16.5. The van der Waals surface area contributed by atoms with E-state index in [-0.39, 0.29) is 6.10 Å². The van der Waals surface area contributed by atoms with Gasteiger partial charge in [-0.15, -0.1) is 0 Å². The molecule has 0 saturated heterocycles. The number of hydrogen-bond acceptors (Lipinski definition) is 4. The Hall–Kier alpha value is -1.26. The molecule has 0 aliphatic rings. The Labute approximate surface area is 122 Å². The Morgan fingerprint density at radius 1 is 1.15 bits per heavy atom. The lowest BCUT2D eigenvalue weighted by Gasteiger charge is -2.20. The van der Waals surface area contributed by atoms with Crippen LogP contribution >= 0.6 is 0 Å². The quantitative estimate of drug-likeness (QED) is 0.647. The molecule has 20 heavy (non-hydrogen) atoms. The van der Waals surface area contributed by atoms with Crippen molar-refractivity contribution in [2.45, 2.75) is 32.8 Å². The third kappa shape index (κ3) is 5.39. The van der Waals surface area contributed by atoms with Crippen molar-refractivity contribution in [1.82, 2.24) is 5.32 Å². The molecule has 114 valence electrons. The van der Waals surface area contributed by atoms with Crippen LogP contribution in [-0.4, -0.2) is 38.0 Å². The van der Waals surface area contributed by atoms with Crippen LogP contribution in [0.3, 0.4) is 0 Å². The number of para-hydroxylation sites is 2. The molecule has 0 amide bonds. The minimum atomic E-state index is -0.281. The van der Waals surface area contributed by atoms with Gasteiger partial charge in [0.15, 0.2) is 11.5 Å². The summed E-state index contributed by atoms with van der Waals surface area (Å²) in [7, 11) is 1.63. The summed E-state index contributed by atoms with van der Waals surface area (Å²) in [6.45, 7) is 6.09. The van der Waals surface area contributed by atoms with E-state index in [9.17, 15) is 5.11 Å². The fourth-order valence-electron chi connectivity index (χ4n) is 2.22. The molecule has 0 bridgehead atoms. The van der Waals surface area contributed by atoms with Gasteiger partial charge in [-0.3, -0.25) is 0 Å². The van der Waals surface area contributed by atoms with Crippen LogP contribution < -0.4 is 14.8 Å². The zero-order chi connectivity index (χ0) is 14.8. The van der Waals surface area contributed by atoms with Gasteiger partial charge < -0.3 is 19.9 Å².